The minimum atomic E-state index is -0.991. The molecule has 2 aromatic carbocycles. The van der Waals surface area contributed by atoms with E-state index in [0.717, 1.165) is 30.5 Å². The molecule has 2 atom stereocenters. The van der Waals surface area contributed by atoms with Crippen LogP contribution < -0.4 is 5.32 Å². The van der Waals surface area contributed by atoms with Crippen molar-refractivity contribution >= 4 is 17.5 Å². The molecule has 2 fully saturated rings. The van der Waals surface area contributed by atoms with Crippen LogP contribution in [0.1, 0.15) is 24.4 Å². The molecular formula is C20H18F2N2O3. The predicted molar refractivity (Wildman–Crippen MR) is 93.8 cm³/mol. The molecule has 0 aromatic heterocycles. The van der Waals surface area contributed by atoms with Crippen LogP contribution in [0.5, 0.6) is 0 Å². The lowest BCUT2D eigenvalue weighted by Gasteiger charge is -2.40. The molecule has 5 nitrogen and oxygen atoms in total. The first kappa shape index (κ1) is 17.6. The Kier molecular flexibility index (Phi) is 4.61. The highest BCUT2D eigenvalue weighted by Gasteiger charge is 2.47. The second kappa shape index (κ2) is 7.08. The van der Waals surface area contributed by atoms with Gasteiger partial charge in [0, 0.05) is 12.1 Å². The smallest absolute Gasteiger partial charge is 0.256 e. The number of nitrogens with zero attached hydrogens (tertiary/aromatic N) is 1. The van der Waals surface area contributed by atoms with Gasteiger partial charge < -0.3 is 15.0 Å². The van der Waals surface area contributed by atoms with Crippen LogP contribution in [0, 0.1) is 11.6 Å². The van der Waals surface area contributed by atoms with Crippen molar-refractivity contribution in [1.82, 2.24) is 4.90 Å². The van der Waals surface area contributed by atoms with Gasteiger partial charge in [-0.25, -0.2) is 8.78 Å². The zero-order valence-corrected chi connectivity index (χ0v) is 14.4. The molecule has 2 aliphatic rings. The number of carbonyl (C=O) groups excluding carboxylic acids is 2. The van der Waals surface area contributed by atoms with Crippen molar-refractivity contribution in [2.45, 2.75) is 31.0 Å². The van der Waals surface area contributed by atoms with Gasteiger partial charge >= 0.3 is 0 Å². The third-order valence-electron chi connectivity index (χ3n) is 4.79. The molecular weight excluding hydrogens is 354 g/mol. The summed E-state index contributed by atoms with van der Waals surface area (Å²) in [5, 5.41) is 2.46. The second-order valence-corrected chi connectivity index (χ2v) is 6.73. The molecule has 1 aliphatic heterocycles. The normalized spacial score (nSPS) is 22.6. The summed E-state index contributed by atoms with van der Waals surface area (Å²) in [6, 6.07) is 11.6. The molecule has 0 spiro atoms. The van der Waals surface area contributed by atoms with Gasteiger partial charge in [-0.15, -0.1) is 0 Å². The van der Waals surface area contributed by atoms with Crippen molar-refractivity contribution in [2.24, 2.45) is 0 Å². The maximum Gasteiger partial charge on any atom is 0.256 e. The van der Waals surface area contributed by atoms with E-state index in [2.05, 4.69) is 5.32 Å². The molecule has 1 heterocycles. The lowest BCUT2D eigenvalue weighted by atomic mass is 9.96. The van der Waals surface area contributed by atoms with Crippen LogP contribution in [0.15, 0.2) is 48.5 Å². The largest absolute Gasteiger partial charge is 0.356 e. The van der Waals surface area contributed by atoms with Crippen molar-refractivity contribution in [3.8, 4) is 0 Å². The van der Waals surface area contributed by atoms with E-state index in [-0.39, 0.29) is 24.2 Å². The summed E-state index contributed by atoms with van der Waals surface area (Å²) in [5.74, 6) is -2.34. The SMILES string of the molecule is O=C(Nc1ccc(F)cc1F)[C@@H]1OCC(=O)N(C2CC2)[C@H]1c1ccccc1. The fraction of sp³-hybridized carbons (Fsp3) is 0.300. The Labute approximate surface area is 154 Å². The summed E-state index contributed by atoms with van der Waals surface area (Å²) in [6.07, 6.45) is 0.779. The number of nitrogens with one attached hydrogen (secondary N) is 1. The van der Waals surface area contributed by atoms with Crippen LogP contribution in [0.3, 0.4) is 0 Å². The number of ether oxygens (including phenoxy) is 1. The number of hydrogen-bond donors (Lipinski definition) is 1. The third-order valence-corrected chi connectivity index (χ3v) is 4.79. The predicted octanol–water partition coefficient (Wildman–Crippen LogP) is 3.03. The molecule has 1 aliphatic carbocycles. The number of halogens is 2. The first-order chi connectivity index (χ1) is 13.0. The monoisotopic (exact) mass is 372 g/mol. The van der Waals surface area contributed by atoms with Crippen LogP contribution in [-0.4, -0.2) is 35.5 Å². The molecule has 1 N–H and O–H groups in total. The zero-order chi connectivity index (χ0) is 19.0. The van der Waals surface area contributed by atoms with Gasteiger partial charge in [0.05, 0.1) is 11.7 Å². The van der Waals surface area contributed by atoms with Crippen molar-refractivity contribution in [3.05, 3.63) is 65.7 Å². The van der Waals surface area contributed by atoms with Crippen LogP contribution in [0.4, 0.5) is 14.5 Å². The molecule has 2 aromatic rings. The Bertz CT molecular complexity index is 871. The molecule has 140 valence electrons. The lowest BCUT2D eigenvalue weighted by Crippen LogP contribution is -2.53. The number of hydrogen-bond acceptors (Lipinski definition) is 3. The Morgan fingerprint density at radius 3 is 2.52 bits per heavy atom. The van der Waals surface area contributed by atoms with Crippen LogP contribution in [0.2, 0.25) is 0 Å². The van der Waals surface area contributed by atoms with Crippen LogP contribution in [0.25, 0.3) is 0 Å². The van der Waals surface area contributed by atoms with E-state index in [9.17, 15) is 18.4 Å². The van der Waals surface area contributed by atoms with E-state index in [1.54, 1.807) is 4.90 Å². The van der Waals surface area contributed by atoms with E-state index in [1.165, 1.54) is 0 Å². The minimum Gasteiger partial charge on any atom is -0.356 e. The fourth-order valence-electron chi connectivity index (χ4n) is 3.41. The van der Waals surface area contributed by atoms with Gasteiger partial charge in [0.15, 0.2) is 6.10 Å². The number of rotatable bonds is 4. The van der Waals surface area contributed by atoms with E-state index in [1.807, 2.05) is 30.3 Å². The Morgan fingerprint density at radius 2 is 1.85 bits per heavy atom. The topological polar surface area (TPSA) is 58.6 Å². The molecule has 7 heteroatoms. The molecule has 0 radical (unpaired) electrons. The fourth-order valence-corrected chi connectivity index (χ4v) is 3.41. The van der Waals surface area contributed by atoms with Gasteiger partial charge in [-0.1, -0.05) is 30.3 Å². The van der Waals surface area contributed by atoms with Crippen molar-refractivity contribution in [2.75, 3.05) is 11.9 Å². The van der Waals surface area contributed by atoms with Gasteiger partial charge in [-0.2, -0.15) is 0 Å². The van der Waals surface area contributed by atoms with Gasteiger partial charge in [-0.05, 0) is 30.5 Å². The average Bonchev–Trinajstić information content (AvgIpc) is 3.49. The summed E-state index contributed by atoms with van der Waals surface area (Å²) in [4.78, 5) is 27.0. The maximum absolute atomic E-state index is 13.9. The van der Waals surface area contributed by atoms with E-state index in [4.69, 9.17) is 4.74 Å². The second-order valence-electron chi connectivity index (χ2n) is 6.73. The van der Waals surface area contributed by atoms with Crippen molar-refractivity contribution in [1.29, 1.82) is 0 Å². The molecule has 4 rings (SSSR count). The van der Waals surface area contributed by atoms with E-state index >= 15 is 0 Å². The highest BCUT2D eigenvalue weighted by atomic mass is 19.1. The van der Waals surface area contributed by atoms with Crippen LogP contribution in [-0.2, 0) is 14.3 Å². The maximum atomic E-state index is 13.9. The number of amides is 2. The summed E-state index contributed by atoms with van der Waals surface area (Å²) in [5.41, 5.74) is 0.642. The van der Waals surface area contributed by atoms with Gasteiger partial charge in [0.2, 0.25) is 5.91 Å². The molecule has 1 saturated heterocycles. The Morgan fingerprint density at radius 1 is 1.11 bits per heavy atom. The highest BCUT2D eigenvalue weighted by Crippen LogP contribution is 2.39. The third kappa shape index (κ3) is 3.55. The molecule has 0 unspecified atom stereocenters. The average molecular weight is 372 g/mol. The summed E-state index contributed by atoms with van der Waals surface area (Å²) in [7, 11) is 0. The van der Waals surface area contributed by atoms with E-state index in [0.29, 0.717) is 6.07 Å². The summed E-state index contributed by atoms with van der Waals surface area (Å²) >= 11 is 0. The summed E-state index contributed by atoms with van der Waals surface area (Å²) < 4.78 is 32.6. The number of anilines is 1. The highest BCUT2D eigenvalue weighted by molar-refractivity contribution is 5.96. The Hall–Kier alpha value is -2.80. The number of morpholine rings is 1. The number of benzene rings is 2. The molecule has 0 bridgehead atoms. The molecule has 2 amide bonds. The lowest BCUT2D eigenvalue weighted by molar-refractivity contribution is -0.163. The van der Waals surface area contributed by atoms with Gasteiger partial charge in [-0.3, -0.25) is 9.59 Å². The van der Waals surface area contributed by atoms with Crippen molar-refractivity contribution < 1.29 is 23.1 Å². The quantitative estimate of drug-likeness (QED) is 0.898. The zero-order valence-electron chi connectivity index (χ0n) is 14.4. The van der Waals surface area contributed by atoms with Gasteiger partial charge in [0.25, 0.3) is 5.91 Å². The first-order valence-corrected chi connectivity index (χ1v) is 8.78. The minimum absolute atomic E-state index is 0.0875. The summed E-state index contributed by atoms with van der Waals surface area (Å²) in [6.45, 7) is -0.205. The number of carbonyl (C=O) groups is 2. The van der Waals surface area contributed by atoms with E-state index < -0.39 is 29.7 Å². The van der Waals surface area contributed by atoms with Crippen LogP contribution >= 0.6 is 0 Å². The molecule has 1 saturated carbocycles. The standard InChI is InChI=1S/C20H18F2N2O3/c21-13-6-9-16(15(22)10-13)23-20(26)19-18(12-4-2-1-3-5-12)24(14-7-8-14)17(25)11-27-19/h1-6,9-10,14,18-19H,7-8,11H2,(H,23,26)/t18-,19+/m0/s1. The Balaban J connectivity index is 1.64. The first-order valence-electron chi connectivity index (χ1n) is 8.78. The van der Waals surface area contributed by atoms with Crippen molar-refractivity contribution in [3.63, 3.8) is 0 Å². The molecule has 27 heavy (non-hydrogen) atoms. The van der Waals surface area contributed by atoms with Gasteiger partial charge in [0.1, 0.15) is 18.2 Å².